The Labute approximate surface area is 122 Å². The number of amides is 1. The van der Waals surface area contributed by atoms with E-state index in [0.717, 1.165) is 18.6 Å². The molecule has 1 aromatic rings. The van der Waals surface area contributed by atoms with Crippen molar-refractivity contribution in [3.05, 3.63) is 35.4 Å². The van der Waals surface area contributed by atoms with Crippen molar-refractivity contribution in [2.24, 2.45) is 11.8 Å². The summed E-state index contributed by atoms with van der Waals surface area (Å²) in [4.78, 5) is 11.9. The minimum Gasteiger partial charge on any atom is -0.379 e. The Hall–Kier alpha value is -1.49. The summed E-state index contributed by atoms with van der Waals surface area (Å²) in [5, 5.41) is 2.81. The Balaban J connectivity index is 1.40. The van der Waals surface area contributed by atoms with Gasteiger partial charge < -0.3 is 10.1 Å². The lowest BCUT2D eigenvalue weighted by Gasteiger charge is -2.06. The zero-order valence-electron chi connectivity index (χ0n) is 11.8. The van der Waals surface area contributed by atoms with E-state index < -0.39 is 11.6 Å². The number of nitrogens with one attached hydrogen (secondary N) is 1. The minimum absolute atomic E-state index is 0.0706. The third-order valence-electron chi connectivity index (χ3n) is 4.09. The van der Waals surface area contributed by atoms with Crippen molar-refractivity contribution in [1.29, 1.82) is 0 Å². The van der Waals surface area contributed by atoms with Crippen LogP contribution in [0.1, 0.15) is 30.7 Å². The Morgan fingerprint density at radius 2 is 2.14 bits per heavy atom. The Kier molecular flexibility index (Phi) is 4.19. The van der Waals surface area contributed by atoms with Crippen LogP contribution in [0.5, 0.6) is 0 Å². The van der Waals surface area contributed by atoms with Gasteiger partial charge in [0.15, 0.2) is 0 Å². The molecule has 0 bridgehead atoms. The molecular formula is C16H19F2NO2. The molecule has 114 valence electrons. The van der Waals surface area contributed by atoms with Gasteiger partial charge in [-0.25, -0.2) is 8.78 Å². The number of benzene rings is 1. The lowest BCUT2D eigenvalue weighted by molar-refractivity contribution is -0.122. The van der Waals surface area contributed by atoms with Gasteiger partial charge in [0.05, 0.1) is 6.61 Å². The fourth-order valence-electron chi connectivity index (χ4n) is 2.54. The second-order valence-corrected chi connectivity index (χ2v) is 5.92. The molecule has 0 aliphatic heterocycles. The fraction of sp³-hybridized carbons (Fsp3) is 0.562. The summed E-state index contributed by atoms with van der Waals surface area (Å²) in [6.07, 6.45) is 3.12. The van der Waals surface area contributed by atoms with E-state index >= 15 is 0 Å². The first-order chi connectivity index (χ1) is 10.1. The molecule has 3 rings (SSSR count). The van der Waals surface area contributed by atoms with E-state index in [1.807, 2.05) is 0 Å². The first-order valence-electron chi connectivity index (χ1n) is 7.45. The maximum Gasteiger partial charge on any atom is 0.223 e. The average molecular weight is 295 g/mol. The van der Waals surface area contributed by atoms with Crippen LogP contribution in [0.3, 0.4) is 0 Å². The highest BCUT2D eigenvalue weighted by atomic mass is 19.1. The van der Waals surface area contributed by atoms with Crippen molar-refractivity contribution in [2.45, 2.75) is 25.2 Å². The number of rotatable bonds is 7. The predicted octanol–water partition coefficient (Wildman–Crippen LogP) is 2.61. The number of hydrogen-bond acceptors (Lipinski definition) is 2. The van der Waals surface area contributed by atoms with E-state index in [2.05, 4.69) is 5.32 Å². The maximum atomic E-state index is 13.6. The SMILES string of the molecule is O=C(NCCOCC1CC1)[C@H]1C[C@@H]1c1ccc(F)cc1F. The molecule has 1 N–H and O–H groups in total. The summed E-state index contributed by atoms with van der Waals surface area (Å²) >= 11 is 0. The van der Waals surface area contributed by atoms with Gasteiger partial charge in [-0.05, 0) is 42.7 Å². The van der Waals surface area contributed by atoms with E-state index in [4.69, 9.17) is 4.74 Å². The summed E-state index contributed by atoms with van der Waals surface area (Å²) < 4.78 is 31.9. The van der Waals surface area contributed by atoms with E-state index in [-0.39, 0.29) is 17.7 Å². The minimum atomic E-state index is -0.592. The molecule has 0 unspecified atom stereocenters. The van der Waals surface area contributed by atoms with E-state index in [1.54, 1.807) is 0 Å². The maximum absolute atomic E-state index is 13.6. The summed E-state index contributed by atoms with van der Waals surface area (Å²) in [5.74, 6) is -0.839. The molecule has 1 amide bonds. The highest BCUT2D eigenvalue weighted by Crippen LogP contribution is 2.48. The molecule has 0 radical (unpaired) electrons. The van der Waals surface area contributed by atoms with Gasteiger partial charge in [0.1, 0.15) is 11.6 Å². The summed E-state index contributed by atoms with van der Waals surface area (Å²) in [5.41, 5.74) is 0.432. The van der Waals surface area contributed by atoms with Crippen molar-refractivity contribution in [1.82, 2.24) is 5.32 Å². The molecular weight excluding hydrogens is 276 g/mol. The van der Waals surface area contributed by atoms with Crippen LogP contribution in [-0.4, -0.2) is 25.7 Å². The van der Waals surface area contributed by atoms with Crippen molar-refractivity contribution in [2.75, 3.05) is 19.8 Å². The predicted molar refractivity (Wildman–Crippen MR) is 73.8 cm³/mol. The van der Waals surface area contributed by atoms with Gasteiger partial charge in [-0.3, -0.25) is 4.79 Å². The summed E-state index contributed by atoms with van der Waals surface area (Å²) in [7, 11) is 0. The number of halogens is 2. The first kappa shape index (κ1) is 14.4. The molecule has 3 nitrogen and oxygen atoms in total. The fourth-order valence-corrected chi connectivity index (χ4v) is 2.54. The average Bonchev–Trinajstić information content (AvgIpc) is 3.32. The molecule has 5 heteroatoms. The number of carbonyl (C=O) groups excluding carboxylic acids is 1. The van der Waals surface area contributed by atoms with Gasteiger partial charge in [-0.15, -0.1) is 0 Å². The Morgan fingerprint density at radius 1 is 1.33 bits per heavy atom. The molecule has 0 heterocycles. The molecule has 2 fully saturated rings. The third-order valence-corrected chi connectivity index (χ3v) is 4.09. The number of hydrogen-bond donors (Lipinski definition) is 1. The normalized spacial score (nSPS) is 23.9. The van der Waals surface area contributed by atoms with Gasteiger partial charge in [-0.2, -0.15) is 0 Å². The van der Waals surface area contributed by atoms with E-state index in [0.29, 0.717) is 25.1 Å². The van der Waals surface area contributed by atoms with Crippen molar-refractivity contribution in [3.8, 4) is 0 Å². The van der Waals surface area contributed by atoms with Crippen LogP contribution >= 0.6 is 0 Å². The van der Waals surface area contributed by atoms with Gasteiger partial charge in [0.25, 0.3) is 0 Å². The molecule has 2 saturated carbocycles. The lowest BCUT2D eigenvalue weighted by atomic mass is 10.1. The first-order valence-corrected chi connectivity index (χ1v) is 7.45. The largest absolute Gasteiger partial charge is 0.379 e. The summed E-state index contributed by atoms with van der Waals surface area (Å²) in [6.45, 7) is 1.79. The molecule has 1 aromatic carbocycles. The van der Waals surface area contributed by atoms with E-state index in [1.165, 1.54) is 25.0 Å². The monoisotopic (exact) mass is 295 g/mol. The van der Waals surface area contributed by atoms with Crippen LogP contribution < -0.4 is 5.32 Å². The second-order valence-electron chi connectivity index (χ2n) is 5.92. The van der Waals surface area contributed by atoms with Gasteiger partial charge in [0.2, 0.25) is 5.91 Å². The standard InChI is InChI=1S/C16H19F2NO2/c17-11-3-4-12(15(18)7-11)13-8-14(13)16(20)19-5-6-21-9-10-1-2-10/h3-4,7,10,13-14H,1-2,5-6,8-9H2,(H,19,20)/t13-,14+/m1/s1. The molecule has 0 spiro atoms. The van der Waals surface area contributed by atoms with Gasteiger partial charge in [-0.1, -0.05) is 6.07 Å². The van der Waals surface area contributed by atoms with Crippen LogP contribution in [0.4, 0.5) is 8.78 Å². The van der Waals surface area contributed by atoms with Crippen LogP contribution in [0.15, 0.2) is 18.2 Å². The lowest BCUT2D eigenvalue weighted by Crippen LogP contribution is -2.29. The molecule has 2 aliphatic carbocycles. The number of carbonyl (C=O) groups is 1. The molecule has 21 heavy (non-hydrogen) atoms. The Bertz CT molecular complexity index is 531. The van der Waals surface area contributed by atoms with Crippen LogP contribution in [0.25, 0.3) is 0 Å². The van der Waals surface area contributed by atoms with Gasteiger partial charge >= 0.3 is 0 Å². The summed E-state index contributed by atoms with van der Waals surface area (Å²) in [6, 6.07) is 3.53. The number of ether oxygens (including phenoxy) is 1. The highest BCUT2D eigenvalue weighted by Gasteiger charge is 2.45. The zero-order valence-corrected chi connectivity index (χ0v) is 11.8. The molecule has 2 atom stereocenters. The third kappa shape index (κ3) is 3.79. The smallest absolute Gasteiger partial charge is 0.223 e. The quantitative estimate of drug-likeness (QED) is 0.785. The zero-order chi connectivity index (χ0) is 14.8. The molecule has 0 aromatic heterocycles. The van der Waals surface area contributed by atoms with Crippen molar-refractivity contribution in [3.63, 3.8) is 0 Å². The van der Waals surface area contributed by atoms with E-state index in [9.17, 15) is 13.6 Å². The van der Waals surface area contributed by atoms with Crippen LogP contribution in [-0.2, 0) is 9.53 Å². The molecule has 2 aliphatic rings. The molecule has 0 saturated heterocycles. The van der Waals surface area contributed by atoms with Crippen molar-refractivity contribution < 1.29 is 18.3 Å². The highest BCUT2D eigenvalue weighted by molar-refractivity contribution is 5.82. The van der Waals surface area contributed by atoms with Crippen molar-refractivity contribution >= 4 is 5.91 Å². The van der Waals surface area contributed by atoms with Crippen LogP contribution in [0, 0.1) is 23.5 Å². The Morgan fingerprint density at radius 3 is 2.86 bits per heavy atom. The van der Waals surface area contributed by atoms with Gasteiger partial charge in [0, 0.05) is 25.1 Å². The topological polar surface area (TPSA) is 38.3 Å². The van der Waals surface area contributed by atoms with Crippen LogP contribution in [0.2, 0.25) is 0 Å². The second kappa shape index (κ2) is 6.10.